The van der Waals surface area contributed by atoms with Crippen LogP contribution in [0.4, 0.5) is 10.6 Å². The van der Waals surface area contributed by atoms with E-state index in [0.29, 0.717) is 12.6 Å². The van der Waals surface area contributed by atoms with Crippen molar-refractivity contribution in [2.24, 2.45) is 10.9 Å². The fourth-order valence-electron chi connectivity index (χ4n) is 3.40. The number of nitrogens with one attached hydrogen (secondary N) is 2. The van der Waals surface area contributed by atoms with Gasteiger partial charge < -0.3 is 25.2 Å². The van der Waals surface area contributed by atoms with E-state index < -0.39 is 5.60 Å². The second-order valence-corrected chi connectivity index (χ2v) is 9.01. The van der Waals surface area contributed by atoms with Gasteiger partial charge in [-0.1, -0.05) is 13.0 Å². The normalized spacial score (nSPS) is 16.7. The standard InChI is InChI=1S/C22H38N6O2/c1-17(16-27(6)21(29)30-22(2,3)4)15-25-20(23-5)26-18-10-13-28(14-11-18)19-9-7-8-12-24-19/h7-9,12,17-18H,10-11,13-16H2,1-6H3,(H2,23,25,26). The Kier molecular flexibility index (Phi) is 8.74. The van der Waals surface area contributed by atoms with Gasteiger partial charge >= 0.3 is 6.09 Å². The topological polar surface area (TPSA) is 82.1 Å². The van der Waals surface area contributed by atoms with Crippen molar-refractivity contribution in [2.45, 2.75) is 52.2 Å². The molecule has 168 valence electrons. The first-order valence-electron chi connectivity index (χ1n) is 10.7. The first-order valence-corrected chi connectivity index (χ1v) is 10.7. The minimum absolute atomic E-state index is 0.257. The number of pyridine rings is 1. The zero-order valence-corrected chi connectivity index (χ0v) is 19.3. The number of rotatable bonds is 6. The van der Waals surface area contributed by atoms with E-state index >= 15 is 0 Å². The van der Waals surface area contributed by atoms with E-state index in [1.807, 2.05) is 39.1 Å². The molecule has 1 unspecified atom stereocenters. The molecule has 8 heteroatoms. The van der Waals surface area contributed by atoms with Crippen LogP contribution in [0.5, 0.6) is 0 Å². The summed E-state index contributed by atoms with van der Waals surface area (Å²) in [5.41, 5.74) is -0.481. The molecular weight excluding hydrogens is 380 g/mol. The summed E-state index contributed by atoms with van der Waals surface area (Å²) in [5, 5.41) is 6.91. The molecule has 0 aromatic carbocycles. The number of carbonyl (C=O) groups excluding carboxylic acids is 1. The Bertz CT molecular complexity index is 681. The van der Waals surface area contributed by atoms with Gasteiger partial charge in [-0.2, -0.15) is 0 Å². The lowest BCUT2D eigenvalue weighted by atomic mass is 10.1. The van der Waals surface area contributed by atoms with Crippen molar-refractivity contribution >= 4 is 17.9 Å². The number of carbonyl (C=O) groups is 1. The lowest BCUT2D eigenvalue weighted by Gasteiger charge is -2.34. The predicted octanol–water partition coefficient (Wildman–Crippen LogP) is 2.72. The van der Waals surface area contributed by atoms with Crippen LogP contribution in [-0.4, -0.2) is 73.9 Å². The van der Waals surface area contributed by atoms with Gasteiger partial charge in [0.05, 0.1) is 0 Å². The lowest BCUT2D eigenvalue weighted by molar-refractivity contribution is 0.0278. The van der Waals surface area contributed by atoms with Gasteiger partial charge in [-0.05, 0) is 51.7 Å². The van der Waals surface area contributed by atoms with Crippen molar-refractivity contribution in [1.82, 2.24) is 20.5 Å². The van der Waals surface area contributed by atoms with Crippen LogP contribution in [0.3, 0.4) is 0 Å². The fraction of sp³-hybridized carbons (Fsp3) is 0.682. The number of hydrogen-bond acceptors (Lipinski definition) is 5. The minimum atomic E-state index is -0.481. The van der Waals surface area contributed by atoms with Gasteiger partial charge in [-0.3, -0.25) is 4.99 Å². The Hall–Kier alpha value is -2.51. The molecule has 0 bridgehead atoms. The molecule has 1 amide bonds. The number of aliphatic imine (C=N–C) groups is 1. The molecule has 30 heavy (non-hydrogen) atoms. The molecule has 1 atom stereocenters. The molecular formula is C22H38N6O2. The van der Waals surface area contributed by atoms with Gasteiger partial charge in [-0.15, -0.1) is 0 Å². The molecule has 1 fully saturated rings. The van der Waals surface area contributed by atoms with Gasteiger partial charge in [0.2, 0.25) is 0 Å². The van der Waals surface area contributed by atoms with Crippen molar-refractivity contribution < 1.29 is 9.53 Å². The summed E-state index contributed by atoms with van der Waals surface area (Å²) in [5.74, 6) is 2.10. The molecule has 2 heterocycles. The maximum Gasteiger partial charge on any atom is 0.410 e. The van der Waals surface area contributed by atoms with Crippen LogP contribution in [0.25, 0.3) is 0 Å². The molecule has 0 radical (unpaired) electrons. The van der Waals surface area contributed by atoms with Crippen LogP contribution in [0.1, 0.15) is 40.5 Å². The third kappa shape index (κ3) is 8.08. The minimum Gasteiger partial charge on any atom is -0.444 e. The van der Waals surface area contributed by atoms with Crippen molar-refractivity contribution in [3.05, 3.63) is 24.4 Å². The smallest absolute Gasteiger partial charge is 0.410 e. The highest BCUT2D eigenvalue weighted by Crippen LogP contribution is 2.17. The van der Waals surface area contributed by atoms with Gasteiger partial charge in [-0.25, -0.2) is 9.78 Å². The SMILES string of the molecule is CN=C(NCC(C)CN(C)C(=O)OC(C)(C)C)NC1CCN(c2ccccn2)CC1. The Balaban J connectivity index is 1.71. The van der Waals surface area contributed by atoms with Gasteiger partial charge in [0.15, 0.2) is 5.96 Å². The Labute approximate surface area is 181 Å². The van der Waals surface area contributed by atoms with Crippen LogP contribution in [0.2, 0.25) is 0 Å². The molecule has 2 rings (SSSR count). The summed E-state index contributed by atoms with van der Waals surface area (Å²) in [6, 6.07) is 6.42. The second-order valence-electron chi connectivity index (χ2n) is 9.01. The number of anilines is 1. The molecule has 1 saturated heterocycles. The first kappa shape index (κ1) is 23.8. The summed E-state index contributed by atoms with van der Waals surface area (Å²) < 4.78 is 5.41. The summed E-state index contributed by atoms with van der Waals surface area (Å²) in [4.78, 5) is 24.9. The van der Waals surface area contributed by atoms with Gasteiger partial charge in [0, 0.05) is 52.5 Å². The number of amides is 1. The highest BCUT2D eigenvalue weighted by molar-refractivity contribution is 5.80. The zero-order valence-electron chi connectivity index (χ0n) is 19.3. The van der Waals surface area contributed by atoms with Crippen LogP contribution in [-0.2, 0) is 4.74 Å². The molecule has 1 aliphatic heterocycles. The molecule has 2 N–H and O–H groups in total. The fourth-order valence-corrected chi connectivity index (χ4v) is 3.40. The average molecular weight is 419 g/mol. The van der Waals surface area contributed by atoms with E-state index in [9.17, 15) is 4.79 Å². The molecule has 0 saturated carbocycles. The zero-order chi connectivity index (χ0) is 22.1. The molecule has 1 aliphatic rings. The third-order valence-corrected chi connectivity index (χ3v) is 4.94. The Morgan fingerprint density at radius 2 is 2.07 bits per heavy atom. The van der Waals surface area contributed by atoms with Crippen LogP contribution in [0, 0.1) is 5.92 Å². The Morgan fingerprint density at radius 3 is 2.63 bits per heavy atom. The average Bonchev–Trinajstić information content (AvgIpc) is 2.71. The molecule has 8 nitrogen and oxygen atoms in total. The van der Waals surface area contributed by atoms with E-state index in [0.717, 1.165) is 44.3 Å². The van der Waals surface area contributed by atoms with E-state index in [-0.39, 0.29) is 12.0 Å². The number of aromatic nitrogens is 1. The monoisotopic (exact) mass is 418 g/mol. The van der Waals surface area contributed by atoms with Crippen LogP contribution < -0.4 is 15.5 Å². The number of guanidine groups is 1. The van der Waals surface area contributed by atoms with E-state index in [2.05, 4.69) is 38.5 Å². The van der Waals surface area contributed by atoms with Crippen molar-refractivity contribution in [2.75, 3.05) is 45.2 Å². The van der Waals surface area contributed by atoms with E-state index in [1.165, 1.54) is 0 Å². The van der Waals surface area contributed by atoms with Crippen molar-refractivity contribution in [1.29, 1.82) is 0 Å². The molecule has 1 aromatic rings. The van der Waals surface area contributed by atoms with Crippen LogP contribution >= 0.6 is 0 Å². The van der Waals surface area contributed by atoms with Crippen LogP contribution in [0.15, 0.2) is 29.4 Å². The number of nitrogens with zero attached hydrogens (tertiary/aromatic N) is 4. The largest absolute Gasteiger partial charge is 0.444 e. The number of hydrogen-bond donors (Lipinski definition) is 2. The van der Waals surface area contributed by atoms with Crippen molar-refractivity contribution in [3.8, 4) is 0 Å². The maximum atomic E-state index is 12.1. The second kappa shape index (κ2) is 11.0. The number of piperidine rings is 1. The quantitative estimate of drug-likeness (QED) is 0.546. The Morgan fingerprint density at radius 1 is 1.37 bits per heavy atom. The number of ether oxygens (including phenoxy) is 1. The highest BCUT2D eigenvalue weighted by Gasteiger charge is 2.22. The van der Waals surface area contributed by atoms with E-state index in [1.54, 1.807) is 19.0 Å². The maximum absolute atomic E-state index is 12.1. The summed E-state index contributed by atoms with van der Waals surface area (Å²) in [6.07, 6.45) is 3.62. The summed E-state index contributed by atoms with van der Waals surface area (Å²) in [6.45, 7) is 11.0. The lowest BCUT2D eigenvalue weighted by Crippen LogP contribution is -2.50. The van der Waals surface area contributed by atoms with Gasteiger partial charge in [0.1, 0.15) is 11.4 Å². The summed E-state index contributed by atoms with van der Waals surface area (Å²) in [7, 11) is 3.56. The predicted molar refractivity (Wildman–Crippen MR) is 122 cm³/mol. The highest BCUT2D eigenvalue weighted by atomic mass is 16.6. The third-order valence-electron chi connectivity index (χ3n) is 4.94. The molecule has 0 spiro atoms. The van der Waals surface area contributed by atoms with Crippen molar-refractivity contribution in [3.63, 3.8) is 0 Å². The van der Waals surface area contributed by atoms with Gasteiger partial charge in [0.25, 0.3) is 0 Å². The first-order chi connectivity index (χ1) is 14.2. The molecule has 1 aromatic heterocycles. The van der Waals surface area contributed by atoms with E-state index in [4.69, 9.17) is 4.74 Å². The molecule has 0 aliphatic carbocycles. The summed E-state index contributed by atoms with van der Waals surface area (Å²) >= 11 is 0.